The first-order chi connectivity index (χ1) is 10.5. The van der Waals surface area contributed by atoms with Crippen LogP contribution in [0.4, 0.5) is 11.4 Å². The van der Waals surface area contributed by atoms with Gasteiger partial charge in [-0.3, -0.25) is 9.98 Å². The third-order valence-electron chi connectivity index (χ3n) is 4.28. The molecule has 2 N–H and O–H groups in total. The molecule has 0 radical (unpaired) electrons. The number of aryl methyl sites for hydroxylation is 1. The van der Waals surface area contributed by atoms with Crippen molar-refractivity contribution in [2.75, 3.05) is 0 Å². The molecular formula is C18H16N2O2. The van der Waals surface area contributed by atoms with Crippen molar-refractivity contribution >= 4 is 22.8 Å². The Morgan fingerprint density at radius 2 is 1.50 bits per heavy atom. The summed E-state index contributed by atoms with van der Waals surface area (Å²) in [6.07, 6.45) is 1.53. The van der Waals surface area contributed by atoms with Crippen molar-refractivity contribution in [2.24, 2.45) is 9.98 Å². The summed E-state index contributed by atoms with van der Waals surface area (Å²) in [6.45, 7) is 3.79. The van der Waals surface area contributed by atoms with Gasteiger partial charge in [0.1, 0.15) is 11.5 Å². The van der Waals surface area contributed by atoms with Gasteiger partial charge < -0.3 is 10.2 Å². The van der Waals surface area contributed by atoms with Gasteiger partial charge in [0.15, 0.2) is 0 Å². The van der Waals surface area contributed by atoms with Gasteiger partial charge in [-0.25, -0.2) is 0 Å². The molecule has 0 fully saturated rings. The van der Waals surface area contributed by atoms with Gasteiger partial charge in [-0.1, -0.05) is 0 Å². The van der Waals surface area contributed by atoms with Gasteiger partial charge in [0.05, 0.1) is 17.1 Å². The zero-order valence-corrected chi connectivity index (χ0v) is 12.5. The van der Waals surface area contributed by atoms with Crippen LogP contribution in [-0.4, -0.2) is 21.6 Å². The Morgan fingerprint density at radius 3 is 2.27 bits per heavy atom. The number of fused-ring (bicyclic) bond motifs is 2. The Morgan fingerprint density at radius 1 is 0.818 bits per heavy atom. The minimum absolute atomic E-state index is 0.156. The van der Waals surface area contributed by atoms with E-state index in [2.05, 4.69) is 22.1 Å². The first kappa shape index (κ1) is 13.1. The summed E-state index contributed by atoms with van der Waals surface area (Å²) < 4.78 is 0. The van der Waals surface area contributed by atoms with Crippen LogP contribution in [0.1, 0.15) is 29.2 Å². The van der Waals surface area contributed by atoms with Crippen molar-refractivity contribution < 1.29 is 10.2 Å². The van der Waals surface area contributed by atoms with E-state index in [1.807, 2.05) is 6.92 Å². The number of rotatable bonds is 1. The predicted octanol–water partition coefficient (Wildman–Crippen LogP) is 3.73. The highest BCUT2D eigenvalue weighted by atomic mass is 16.3. The molecule has 0 spiro atoms. The van der Waals surface area contributed by atoms with Crippen LogP contribution in [0.15, 0.2) is 34.3 Å². The molecule has 4 rings (SSSR count). The molecule has 4 nitrogen and oxygen atoms in total. The average molecular weight is 292 g/mol. The van der Waals surface area contributed by atoms with Crippen molar-refractivity contribution in [3.05, 3.63) is 46.5 Å². The molecular weight excluding hydrogens is 276 g/mol. The van der Waals surface area contributed by atoms with E-state index in [0.717, 1.165) is 34.8 Å². The monoisotopic (exact) mass is 292 g/mol. The maximum absolute atomic E-state index is 10.1. The molecule has 0 bridgehead atoms. The van der Waals surface area contributed by atoms with Gasteiger partial charge >= 0.3 is 0 Å². The molecule has 2 heterocycles. The number of benzene rings is 2. The smallest absolute Gasteiger partial charge is 0.125 e. The molecule has 0 saturated carbocycles. The highest BCUT2D eigenvalue weighted by molar-refractivity contribution is 6.09. The van der Waals surface area contributed by atoms with Crippen LogP contribution in [0.3, 0.4) is 0 Å². The highest BCUT2D eigenvalue weighted by Gasteiger charge is 2.23. The molecule has 0 aliphatic carbocycles. The maximum atomic E-state index is 10.1. The lowest BCUT2D eigenvalue weighted by Gasteiger charge is -2.07. The molecule has 4 heteroatoms. The first-order valence-electron chi connectivity index (χ1n) is 7.32. The number of hydrogen-bond acceptors (Lipinski definition) is 4. The molecule has 0 unspecified atom stereocenters. The van der Waals surface area contributed by atoms with Crippen molar-refractivity contribution in [3.8, 4) is 11.5 Å². The van der Waals surface area contributed by atoms with E-state index in [0.29, 0.717) is 17.5 Å². The third-order valence-corrected chi connectivity index (χ3v) is 4.28. The molecule has 0 amide bonds. The Labute approximate surface area is 128 Å². The van der Waals surface area contributed by atoms with E-state index in [9.17, 15) is 10.2 Å². The van der Waals surface area contributed by atoms with E-state index in [4.69, 9.17) is 0 Å². The van der Waals surface area contributed by atoms with Gasteiger partial charge in [0.25, 0.3) is 0 Å². The molecule has 2 aliphatic heterocycles. The molecule has 0 aromatic heterocycles. The normalized spacial score (nSPS) is 15.4. The summed E-state index contributed by atoms with van der Waals surface area (Å²) in [5.41, 5.74) is 7.46. The van der Waals surface area contributed by atoms with E-state index in [1.54, 1.807) is 19.1 Å². The minimum atomic E-state index is 0.156. The lowest BCUT2D eigenvalue weighted by Crippen LogP contribution is -2.01. The van der Waals surface area contributed by atoms with Crippen LogP contribution in [0.2, 0.25) is 0 Å². The van der Waals surface area contributed by atoms with E-state index in [-0.39, 0.29) is 11.5 Å². The summed E-state index contributed by atoms with van der Waals surface area (Å²) in [4.78, 5) is 9.20. The van der Waals surface area contributed by atoms with Crippen LogP contribution < -0.4 is 0 Å². The fourth-order valence-electron chi connectivity index (χ4n) is 3.11. The van der Waals surface area contributed by atoms with Crippen LogP contribution in [0.5, 0.6) is 11.5 Å². The van der Waals surface area contributed by atoms with Crippen LogP contribution >= 0.6 is 0 Å². The first-order valence-corrected chi connectivity index (χ1v) is 7.32. The van der Waals surface area contributed by atoms with Crippen molar-refractivity contribution in [1.82, 2.24) is 0 Å². The highest BCUT2D eigenvalue weighted by Crippen LogP contribution is 2.39. The number of aromatic hydroxyl groups is 2. The largest absolute Gasteiger partial charge is 0.508 e. The number of nitrogens with zero attached hydrogens (tertiary/aromatic N) is 2. The molecule has 2 aromatic carbocycles. The Balaban J connectivity index is 1.76. The second-order valence-corrected chi connectivity index (χ2v) is 6.02. The molecule has 0 saturated heterocycles. The van der Waals surface area contributed by atoms with Crippen molar-refractivity contribution in [2.45, 2.75) is 26.7 Å². The summed E-state index contributed by atoms with van der Waals surface area (Å²) in [6, 6.07) is 7.33. The average Bonchev–Trinajstić information content (AvgIpc) is 3.01. The van der Waals surface area contributed by atoms with Crippen LogP contribution in [0.25, 0.3) is 0 Å². The predicted molar refractivity (Wildman–Crippen MR) is 87.3 cm³/mol. The minimum Gasteiger partial charge on any atom is -0.508 e. The van der Waals surface area contributed by atoms with Crippen LogP contribution in [0, 0.1) is 6.92 Å². The van der Waals surface area contributed by atoms with Gasteiger partial charge in [-0.15, -0.1) is 0 Å². The van der Waals surface area contributed by atoms with Gasteiger partial charge in [-0.2, -0.15) is 0 Å². The van der Waals surface area contributed by atoms with E-state index in [1.165, 1.54) is 5.56 Å². The van der Waals surface area contributed by atoms with Crippen molar-refractivity contribution in [1.29, 1.82) is 0 Å². The van der Waals surface area contributed by atoms with Gasteiger partial charge in [-0.05, 0) is 54.8 Å². The fraction of sp³-hybridized carbons (Fsp3) is 0.222. The molecule has 0 atom stereocenters. The third kappa shape index (κ3) is 1.91. The number of aliphatic imine (C=N–C) groups is 2. The topological polar surface area (TPSA) is 65.2 Å². The number of phenolic OH excluding ortho intramolecular Hbond substituents is 2. The molecule has 22 heavy (non-hydrogen) atoms. The Kier molecular flexibility index (Phi) is 2.64. The SMILES string of the molecule is CC1=Nc2cc3c(cc2C1)N=C(c1cc(O)c(C)cc1O)C3. The zero-order chi connectivity index (χ0) is 15.4. The van der Waals surface area contributed by atoms with Crippen LogP contribution in [-0.2, 0) is 12.8 Å². The van der Waals surface area contributed by atoms with Gasteiger partial charge in [0, 0.05) is 24.1 Å². The molecule has 2 aliphatic rings. The number of hydrogen-bond donors (Lipinski definition) is 2. The molecule has 2 aromatic rings. The lowest BCUT2D eigenvalue weighted by atomic mass is 10.00. The lowest BCUT2D eigenvalue weighted by molar-refractivity contribution is 0.456. The molecule has 110 valence electrons. The Hall–Kier alpha value is -2.62. The summed E-state index contributed by atoms with van der Waals surface area (Å²) >= 11 is 0. The van der Waals surface area contributed by atoms with Crippen molar-refractivity contribution in [3.63, 3.8) is 0 Å². The van der Waals surface area contributed by atoms with E-state index >= 15 is 0 Å². The quantitative estimate of drug-likeness (QED) is 0.786. The van der Waals surface area contributed by atoms with E-state index < -0.39 is 0 Å². The second kappa shape index (κ2) is 4.44. The number of phenols is 2. The zero-order valence-electron chi connectivity index (χ0n) is 12.5. The Bertz CT molecular complexity index is 879. The second-order valence-electron chi connectivity index (χ2n) is 6.02. The standard InChI is InChI=1S/C18H16N2O2/c1-9-3-18(22)13(8-17(9)21)16-7-12-6-14-11(4-10(2)19-14)5-15(12)20-16/h3,5-6,8,21-22H,4,7H2,1-2H3. The summed E-state index contributed by atoms with van der Waals surface area (Å²) in [7, 11) is 0. The fourth-order valence-corrected chi connectivity index (χ4v) is 3.11. The van der Waals surface area contributed by atoms with Gasteiger partial charge in [0.2, 0.25) is 0 Å². The summed E-state index contributed by atoms with van der Waals surface area (Å²) in [5.74, 6) is 0.331. The maximum Gasteiger partial charge on any atom is 0.125 e. The summed E-state index contributed by atoms with van der Waals surface area (Å²) in [5, 5.41) is 20.0.